The number of aliphatic hydroxyl groups is 1. The second-order valence-corrected chi connectivity index (χ2v) is 9.25. The van der Waals surface area contributed by atoms with Crippen molar-refractivity contribution in [1.82, 2.24) is 9.55 Å². The molecule has 0 saturated carbocycles. The molecule has 198 valence electrons. The van der Waals surface area contributed by atoms with E-state index in [0.717, 1.165) is 18.0 Å². The molecule has 9 nitrogen and oxygen atoms in total. The Morgan fingerprint density at radius 1 is 0.865 bits per heavy atom. The van der Waals surface area contributed by atoms with Crippen LogP contribution in [0, 0.1) is 0 Å². The molecule has 0 aliphatic rings. The average Bonchev–Trinajstić information content (AvgIpc) is 3.42. The maximum absolute atomic E-state index is 12.2. The standard InChI is InChI=1S/C15H16ClNO4.C10H8ClNO2.CH4O/c1-15(2,3)21-14(19)17-8-11(16)10-7-9(13(18)20-4)5-6-12(10)17;1-14-10(13)6-2-3-9-7(4-6)8(11)5-12-9;1-2/h5-8H,1-4H3;2-5,12H,1H3;2H,1H3. The summed E-state index contributed by atoms with van der Waals surface area (Å²) >= 11 is 12.0. The van der Waals surface area contributed by atoms with Crippen molar-refractivity contribution in [2.24, 2.45) is 0 Å². The molecule has 0 spiro atoms. The number of benzene rings is 2. The van der Waals surface area contributed by atoms with Crippen LogP contribution in [0.4, 0.5) is 4.79 Å². The van der Waals surface area contributed by atoms with E-state index in [1.54, 1.807) is 63.4 Å². The van der Waals surface area contributed by atoms with Crippen molar-refractivity contribution < 1.29 is 33.7 Å². The maximum atomic E-state index is 12.2. The topological polar surface area (TPSA) is 120 Å². The maximum Gasteiger partial charge on any atom is 0.419 e. The molecule has 0 saturated heterocycles. The van der Waals surface area contributed by atoms with Crippen molar-refractivity contribution in [2.75, 3.05) is 21.3 Å². The number of hydrogen-bond acceptors (Lipinski definition) is 7. The molecule has 2 aromatic heterocycles. The van der Waals surface area contributed by atoms with E-state index < -0.39 is 17.7 Å². The minimum atomic E-state index is -0.605. The van der Waals surface area contributed by atoms with E-state index in [9.17, 15) is 14.4 Å². The molecule has 0 atom stereocenters. The number of methoxy groups -OCH3 is 2. The van der Waals surface area contributed by atoms with Crippen molar-refractivity contribution in [2.45, 2.75) is 26.4 Å². The fourth-order valence-corrected chi connectivity index (χ4v) is 3.69. The zero-order valence-corrected chi connectivity index (χ0v) is 22.7. The number of ether oxygens (including phenoxy) is 3. The molecule has 0 radical (unpaired) electrons. The molecule has 0 aliphatic heterocycles. The number of aromatic nitrogens is 2. The number of esters is 2. The summed E-state index contributed by atoms with van der Waals surface area (Å²) in [5.41, 5.74) is 1.74. The van der Waals surface area contributed by atoms with Crippen molar-refractivity contribution in [3.63, 3.8) is 0 Å². The van der Waals surface area contributed by atoms with Gasteiger partial charge in [0.05, 0.1) is 40.9 Å². The fourth-order valence-electron chi connectivity index (χ4n) is 3.23. The number of fused-ring (bicyclic) bond motifs is 2. The zero-order chi connectivity index (χ0) is 27.9. The van der Waals surface area contributed by atoms with E-state index in [4.69, 9.17) is 33.0 Å². The molecule has 2 N–H and O–H groups in total. The molecule has 37 heavy (non-hydrogen) atoms. The number of hydrogen-bond donors (Lipinski definition) is 2. The second kappa shape index (κ2) is 12.6. The first-order valence-corrected chi connectivity index (χ1v) is 11.6. The van der Waals surface area contributed by atoms with Crippen LogP contribution in [0.5, 0.6) is 0 Å². The SMILES string of the molecule is CO.COC(=O)c1ccc2[nH]cc(Cl)c2c1.COC(=O)c1ccc2c(c1)c(Cl)cn2C(=O)OC(C)(C)C. The van der Waals surface area contributed by atoms with Gasteiger partial charge in [0.25, 0.3) is 0 Å². The van der Waals surface area contributed by atoms with Crippen LogP contribution in [0.1, 0.15) is 41.5 Å². The molecule has 2 aromatic carbocycles. The van der Waals surface area contributed by atoms with Crippen molar-refractivity contribution in [3.8, 4) is 0 Å². The van der Waals surface area contributed by atoms with E-state index >= 15 is 0 Å². The van der Waals surface area contributed by atoms with Crippen LogP contribution in [-0.4, -0.2) is 59.6 Å². The van der Waals surface area contributed by atoms with E-state index in [0.29, 0.717) is 32.1 Å². The third kappa shape index (κ3) is 7.25. The van der Waals surface area contributed by atoms with Crippen LogP contribution in [-0.2, 0) is 14.2 Å². The third-order valence-electron chi connectivity index (χ3n) is 4.82. The third-order valence-corrected chi connectivity index (χ3v) is 5.43. The summed E-state index contributed by atoms with van der Waals surface area (Å²) < 4.78 is 15.9. The summed E-state index contributed by atoms with van der Waals surface area (Å²) in [4.78, 5) is 37.9. The molecule has 0 unspecified atom stereocenters. The number of aromatic amines is 1. The number of carbonyl (C=O) groups excluding carboxylic acids is 3. The largest absolute Gasteiger partial charge is 0.465 e. The Balaban J connectivity index is 0.000000260. The number of H-pyrrole nitrogens is 1. The number of carbonyl (C=O) groups is 3. The number of nitrogens with zero attached hydrogens (tertiary/aromatic N) is 1. The highest BCUT2D eigenvalue weighted by atomic mass is 35.5. The van der Waals surface area contributed by atoms with Gasteiger partial charge in [-0.3, -0.25) is 4.57 Å². The van der Waals surface area contributed by atoms with Crippen molar-refractivity contribution in [3.05, 3.63) is 70.0 Å². The van der Waals surface area contributed by atoms with Gasteiger partial charge in [-0.1, -0.05) is 23.2 Å². The lowest BCUT2D eigenvalue weighted by Crippen LogP contribution is -2.26. The van der Waals surface area contributed by atoms with E-state index in [2.05, 4.69) is 14.5 Å². The molecule has 4 aromatic rings. The van der Waals surface area contributed by atoms with Crippen LogP contribution >= 0.6 is 23.2 Å². The Kier molecular flexibility index (Phi) is 10.1. The summed E-state index contributed by atoms with van der Waals surface area (Å²) in [7, 11) is 3.66. The Hall–Kier alpha value is -3.53. The zero-order valence-electron chi connectivity index (χ0n) is 21.2. The lowest BCUT2D eigenvalue weighted by atomic mass is 10.1. The van der Waals surface area contributed by atoms with Crippen LogP contribution in [0.25, 0.3) is 21.8 Å². The highest BCUT2D eigenvalue weighted by molar-refractivity contribution is 6.36. The van der Waals surface area contributed by atoms with Crippen LogP contribution in [0.15, 0.2) is 48.8 Å². The molecule has 0 bridgehead atoms. The van der Waals surface area contributed by atoms with E-state index in [1.807, 2.05) is 0 Å². The molecular weight excluding hydrogens is 523 g/mol. The molecule has 0 fully saturated rings. The number of rotatable bonds is 2. The summed E-state index contributed by atoms with van der Waals surface area (Å²) in [5, 5.41) is 9.38. The van der Waals surface area contributed by atoms with Crippen molar-refractivity contribution in [1.29, 1.82) is 0 Å². The Morgan fingerprint density at radius 3 is 1.95 bits per heavy atom. The Bertz CT molecular complexity index is 1420. The van der Waals surface area contributed by atoms with Gasteiger partial charge in [-0.05, 0) is 57.2 Å². The molecule has 4 rings (SSSR count). The molecule has 0 aliphatic carbocycles. The van der Waals surface area contributed by atoms with E-state index in [1.165, 1.54) is 25.0 Å². The lowest BCUT2D eigenvalue weighted by Gasteiger charge is -2.19. The monoisotopic (exact) mass is 550 g/mol. The van der Waals surface area contributed by atoms with Crippen LogP contribution < -0.4 is 0 Å². The van der Waals surface area contributed by atoms with Gasteiger partial charge in [-0.15, -0.1) is 0 Å². The number of aliphatic hydroxyl groups excluding tert-OH is 1. The number of nitrogens with one attached hydrogen (secondary N) is 1. The summed E-state index contributed by atoms with van der Waals surface area (Å²) in [6.07, 6.45) is 2.64. The van der Waals surface area contributed by atoms with Gasteiger partial charge in [0.1, 0.15) is 5.60 Å². The van der Waals surface area contributed by atoms with Gasteiger partial charge in [-0.2, -0.15) is 0 Å². The summed E-state index contributed by atoms with van der Waals surface area (Å²) in [6, 6.07) is 10.0. The second-order valence-electron chi connectivity index (χ2n) is 8.44. The lowest BCUT2D eigenvalue weighted by molar-refractivity contribution is 0.0542. The first kappa shape index (κ1) is 29.7. The van der Waals surface area contributed by atoms with Crippen molar-refractivity contribution >= 4 is 63.0 Å². The fraction of sp³-hybridized carbons (Fsp3) is 0.269. The van der Waals surface area contributed by atoms with Gasteiger partial charge in [0.15, 0.2) is 0 Å². The van der Waals surface area contributed by atoms with E-state index in [-0.39, 0.29) is 5.97 Å². The first-order chi connectivity index (χ1) is 17.4. The average molecular weight is 551 g/mol. The van der Waals surface area contributed by atoms with Gasteiger partial charge in [0.2, 0.25) is 0 Å². The summed E-state index contributed by atoms with van der Waals surface area (Å²) in [6.45, 7) is 5.36. The molecular formula is C26H28Cl2N2O7. The van der Waals surface area contributed by atoms with Gasteiger partial charge < -0.3 is 24.3 Å². The quantitative estimate of drug-likeness (QED) is 0.229. The summed E-state index contributed by atoms with van der Waals surface area (Å²) in [5.74, 6) is -0.817. The normalized spacial score (nSPS) is 10.6. The smallest absolute Gasteiger partial charge is 0.419 e. The number of halogens is 2. The Labute approximate surface area is 223 Å². The first-order valence-electron chi connectivity index (χ1n) is 10.9. The van der Waals surface area contributed by atoms with Gasteiger partial charge >= 0.3 is 18.0 Å². The predicted octanol–water partition coefficient (Wildman–Crippen LogP) is 6.08. The van der Waals surface area contributed by atoms with Crippen LogP contribution in [0.3, 0.4) is 0 Å². The molecule has 0 amide bonds. The highest BCUT2D eigenvalue weighted by Gasteiger charge is 2.21. The van der Waals surface area contributed by atoms with Gasteiger partial charge in [-0.25, -0.2) is 14.4 Å². The molecule has 11 heteroatoms. The highest BCUT2D eigenvalue weighted by Crippen LogP contribution is 2.28. The minimum Gasteiger partial charge on any atom is -0.465 e. The van der Waals surface area contributed by atoms with Gasteiger partial charge in [0, 0.05) is 35.8 Å². The minimum absolute atomic E-state index is 0.357. The predicted molar refractivity (Wildman–Crippen MR) is 143 cm³/mol. The van der Waals surface area contributed by atoms with Crippen LogP contribution in [0.2, 0.25) is 10.0 Å². The Morgan fingerprint density at radius 2 is 1.41 bits per heavy atom. The molecule has 2 heterocycles.